The molecule has 5 atom stereocenters. The monoisotopic (exact) mass is 1090 g/mol. The first kappa shape index (κ1) is 57.4. The van der Waals surface area contributed by atoms with Crippen molar-refractivity contribution in [2.45, 2.75) is 95.6 Å². The summed E-state index contributed by atoms with van der Waals surface area (Å²) < 4.78 is 56.0. The molecule has 1 aliphatic heterocycles. The van der Waals surface area contributed by atoms with Crippen molar-refractivity contribution >= 4 is 43.1 Å². The SMILES string of the molecule is COc1ccc(C(OC[C@H]2O[C@@H](n3cnc4c(NC(=O)c5ccccc5)ncnc43)[C@H](OCOC(=O)C(C)(C)c3ccccc3[N+](=O)[O-])[C@@H]2OP(OCCC#N)N(C(C)C)C(C)C)(c2ccccc2)c2ccc(OC)cc2)cc1. The van der Waals surface area contributed by atoms with E-state index < -0.39 is 67.7 Å². The number of nitrogens with zero attached hydrogens (tertiary/aromatic N) is 7. The smallest absolute Gasteiger partial charge is 0.318 e. The second kappa shape index (κ2) is 25.8. The molecule has 2 aromatic heterocycles. The van der Waals surface area contributed by atoms with Crippen LogP contribution in [-0.2, 0) is 43.8 Å². The van der Waals surface area contributed by atoms with Crippen molar-refractivity contribution in [1.29, 1.82) is 5.26 Å². The predicted octanol–water partition coefficient (Wildman–Crippen LogP) is 10.4. The van der Waals surface area contributed by atoms with Crippen LogP contribution in [0.1, 0.15) is 86.8 Å². The average Bonchev–Trinajstić information content (AvgIpc) is 4.11. The van der Waals surface area contributed by atoms with Crippen molar-refractivity contribution in [2.24, 2.45) is 0 Å². The molecule has 1 fully saturated rings. The van der Waals surface area contributed by atoms with Crippen LogP contribution in [0.3, 0.4) is 0 Å². The molecule has 1 N–H and O–H groups in total. The minimum atomic E-state index is -2.03. The van der Waals surface area contributed by atoms with Gasteiger partial charge in [0, 0.05) is 29.3 Å². The molecule has 1 aliphatic rings. The number of imidazole rings is 1. The van der Waals surface area contributed by atoms with Crippen LogP contribution in [0.25, 0.3) is 11.2 Å². The van der Waals surface area contributed by atoms with Gasteiger partial charge in [-0.3, -0.25) is 24.3 Å². The highest BCUT2D eigenvalue weighted by Gasteiger charge is 2.52. The van der Waals surface area contributed by atoms with Crippen molar-refractivity contribution in [1.82, 2.24) is 24.2 Å². The molecule has 8 rings (SSSR count). The lowest BCUT2D eigenvalue weighted by Gasteiger charge is -2.39. The van der Waals surface area contributed by atoms with Gasteiger partial charge in [0.05, 0.1) is 56.6 Å². The molecule has 21 heteroatoms. The second-order valence-corrected chi connectivity index (χ2v) is 20.9. The van der Waals surface area contributed by atoms with E-state index in [0.717, 1.165) is 16.7 Å². The standard InChI is InChI=1S/C58H63N8O12P/c1-38(2)65(39(3)4)79(76-33-17-32-59)78-50-48(34-75-58(41-20-13-10-14-21-41,42-24-28-44(71-7)29-25-42)43-26-30-45(72-8)31-27-43)77-55(51(50)73-37-74-56(68)57(5,6)46-22-15-16-23-47(46)66(69)70)64-36-62-49-52(60-35-61-53(49)64)63-54(67)40-18-11-9-12-19-40/h9-16,18-31,35-36,38-39,48,50-51,55H,17,33-34,37H2,1-8H3,(H,60,61,63,67)/t48-,50-,51-,55-,79?/m1/s1. The van der Waals surface area contributed by atoms with Crippen LogP contribution in [0.4, 0.5) is 11.5 Å². The van der Waals surface area contributed by atoms with Gasteiger partial charge in [0.2, 0.25) is 0 Å². The van der Waals surface area contributed by atoms with Crippen LogP contribution in [0, 0.1) is 21.4 Å². The number of ether oxygens (including phenoxy) is 6. The van der Waals surface area contributed by atoms with Crippen molar-refractivity contribution in [3.63, 3.8) is 0 Å². The summed E-state index contributed by atoms with van der Waals surface area (Å²) in [6.07, 6.45) is -1.73. The third kappa shape index (κ3) is 12.6. The van der Waals surface area contributed by atoms with E-state index in [-0.39, 0.29) is 60.0 Å². The van der Waals surface area contributed by atoms with Gasteiger partial charge in [-0.15, -0.1) is 0 Å². The number of para-hydroxylation sites is 1. The van der Waals surface area contributed by atoms with Crippen LogP contribution >= 0.6 is 8.53 Å². The van der Waals surface area contributed by atoms with Gasteiger partial charge >= 0.3 is 5.97 Å². The van der Waals surface area contributed by atoms with Crippen LogP contribution < -0.4 is 14.8 Å². The number of anilines is 1. The number of esters is 1. The third-order valence-corrected chi connectivity index (χ3v) is 15.6. The Balaban J connectivity index is 1.27. The summed E-state index contributed by atoms with van der Waals surface area (Å²) in [4.78, 5) is 53.1. The highest BCUT2D eigenvalue weighted by atomic mass is 31.2. The fraction of sp³-hybridized carbons (Fsp3) is 0.345. The van der Waals surface area contributed by atoms with Crippen LogP contribution in [-0.4, -0.2) is 106 Å². The summed E-state index contributed by atoms with van der Waals surface area (Å²) in [5, 5.41) is 24.7. The lowest BCUT2D eigenvalue weighted by atomic mass is 9.80. The minimum Gasteiger partial charge on any atom is -0.497 e. The number of hydrogen-bond acceptors (Lipinski definition) is 17. The first-order valence-corrected chi connectivity index (χ1v) is 26.7. The number of amides is 1. The number of aromatic nitrogens is 4. The lowest BCUT2D eigenvalue weighted by Crippen LogP contribution is -2.43. The molecule has 412 valence electrons. The Morgan fingerprint density at radius 1 is 0.823 bits per heavy atom. The van der Waals surface area contributed by atoms with Crippen LogP contribution in [0.15, 0.2) is 146 Å². The van der Waals surface area contributed by atoms with E-state index in [2.05, 4.69) is 26.0 Å². The van der Waals surface area contributed by atoms with E-state index >= 15 is 0 Å². The van der Waals surface area contributed by atoms with Crippen LogP contribution in [0.5, 0.6) is 11.5 Å². The first-order valence-electron chi connectivity index (χ1n) is 25.6. The maximum atomic E-state index is 14.2. The van der Waals surface area contributed by atoms with Gasteiger partial charge < -0.3 is 42.8 Å². The molecule has 5 aromatic carbocycles. The zero-order valence-corrected chi connectivity index (χ0v) is 46.0. The average molecular weight is 1100 g/mol. The van der Waals surface area contributed by atoms with Crippen molar-refractivity contribution in [3.05, 3.63) is 184 Å². The molecular formula is C58H63N8O12P. The number of methoxy groups -OCH3 is 2. The number of benzene rings is 5. The number of nitro groups is 1. The van der Waals surface area contributed by atoms with E-state index in [1.165, 1.54) is 44.7 Å². The molecule has 1 unspecified atom stereocenters. The number of hydrogen-bond donors (Lipinski definition) is 1. The number of carbonyl (C=O) groups excluding carboxylic acids is 2. The molecule has 7 aromatic rings. The topological polar surface area (TPSA) is 234 Å². The van der Waals surface area contributed by atoms with E-state index in [1.54, 1.807) is 55.2 Å². The van der Waals surface area contributed by atoms with E-state index in [9.17, 15) is 25.0 Å². The van der Waals surface area contributed by atoms with Gasteiger partial charge in [-0.25, -0.2) is 19.6 Å². The summed E-state index contributed by atoms with van der Waals surface area (Å²) in [5.41, 5.74) is 0.159. The van der Waals surface area contributed by atoms with Crippen molar-refractivity contribution in [3.8, 4) is 17.6 Å². The van der Waals surface area contributed by atoms with E-state index in [4.69, 9.17) is 42.5 Å². The normalized spacial score (nSPS) is 16.9. The van der Waals surface area contributed by atoms with E-state index in [1.807, 2.05) is 107 Å². The quantitative estimate of drug-likeness (QED) is 0.0107. The molecule has 0 spiro atoms. The van der Waals surface area contributed by atoms with Crippen LogP contribution in [0.2, 0.25) is 0 Å². The fourth-order valence-corrected chi connectivity index (χ4v) is 11.3. The summed E-state index contributed by atoms with van der Waals surface area (Å²) in [5.74, 6) is 0.146. The summed E-state index contributed by atoms with van der Waals surface area (Å²) in [6, 6.07) is 41.4. The maximum Gasteiger partial charge on any atom is 0.318 e. The van der Waals surface area contributed by atoms with Gasteiger partial charge in [-0.05, 0) is 94.6 Å². The summed E-state index contributed by atoms with van der Waals surface area (Å²) in [7, 11) is 1.17. The Kier molecular flexibility index (Phi) is 18.8. The Morgan fingerprint density at radius 2 is 1.42 bits per heavy atom. The largest absolute Gasteiger partial charge is 0.497 e. The number of nitrogens with one attached hydrogen (secondary N) is 1. The Morgan fingerprint density at radius 3 is 2.01 bits per heavy atom. The third-order valence-electron chi connectivity index (χ3n) is 13.4. The molecule has 0 saturated carbocycles. The first-order chi connectivity index (χ1) is 38.1. The molecular weight excluding hydrogens is 1030 g/mol. The molecule has 1 saturated heterocycles. The molecule has 79 heavy (non-hydrogen) atoms. The minimum absolute atomic E-state index is 0.0345. The number of fused-ring (bicyclic) bond motifs is 1. The number of carbonyl (C=O) groups is 2. The van der Waals surface area contributed by atoms with Gasteiger partial charge in [-0.2, -0.15) is 5.26 Å². The number of nitro benzene ring substituents is 1. The second-order valence-electron chi connectivity index (χ2n) is 19.4. The Labute approximate surface area is 459 Å². The molecule has 0 bridgehead atoms. The maximum absolute atomic E-state index is 14.2. The summed E-state index contributed by atoms with van der Waals surface area (Å²) in [6.45, 7) is 10.3. The zero-order valence-electron chi connectivity index (χ0n) is 45.1. The molecule has 0 radical (unpaired) electrons. The Hall–Kier alpha value is -7.73. The fourth-order valence-electron chi connectivity index (χ4n) is 9.57. The van der Waals surface area contributed by atoms with Gasteiger partial charge in [-0.1, -0.05) is 91.0 Å². The highest BCUT2D eigenvalue weighted by Crippen LogP contribution is 2.52. The zero-order chi connectivity index (χ0) is 56.3. The van der Waals surface area contributed by atoms with Gasteiger partial charge in [0.1, 0.15) is 41.7 Å². The van der Waals surface area contributed by atoms with E-state index in [0.29, 0.717) is 17.1 Å². The number of rotatable bonds is 25. The lowest BCUT2D eigenvalue weighted by molar-refractivity contribution is -0.386. The summed E-state index contributed by atoms with van der Waals surface area (Å²) >= 11 is 0. The molecule has 0 aliphatic carbocycles. The van der Waals surface area contributed by atoms with Crippen molar-refractivity contribution in [2.75, 3.05) is 39.5 Å². The molecule has 1 amide bonds. The Bertz CT molecular complexity index is 3160. The van der Waals surface area contributed by atoms with Crippen molar-refractivity contribution < 1.29 is 52.0 Å². The predicted molar refractivity (Wildman–Crippen MR) is 294 cm³/mol. The van der Waals surface area contributed by atoms with Gasteiger partial charge in [0.25, 0.3) is 20.1 Å². The van der Waals surface area contributed by atoms with Gasteiger partial charge in [0.15, 0.2) is 30.0 Å². The highest BCUT2D eigenvalue weighted by molar-refractivity contribution is 7.44. The molecule has 3 heterocycles. The molecule has 20 nitrogen and oxygen atoms in total. The number of nitriles is 1.